The van der Waals surface area contributed by atoms with Crippen molar-refractivity contribution >= 4 is 11.0 Å². The van der Waals surface area contributed by atoms with Crippen LogP contribution in [-0.4, -0.2) is 11.7 Å². The van der Waals surface area contributed by atoms with E-state index in [2.05, 4.69) is 11.1 Å². The molecule has 0 fully saturated rings. The summed E-state index contributed by atoms with van der Waals surface area (Å²) < 4.78 is 11.7. The number of nitrogens with zero attached hydrogens (tertiary/aromatic N) is 1. The summed E-state index contributed by atoms with van der Waals surface area (Å²) in [5.74, 6) is 0.837. The molecule has 1 atom stereocenters. The highest BCUT2D eigenvalue weighted by Gasteiger charge is 2.25. The Bertz CT molecular complexity index is 1230. The minimum atomic E-state index is -0.347. The molecule has 2 aromatic heterocycles. The molecule has 0 amide bonds. The minimum absolute atomic E-state index is 0.347. The average Bonchev–Trinajstić information content (AvgIpc) is 2.75. The zero-order valence-electron chi connectivity index (χ0n) is 16.1. The van der Waals surface area contributed by atoms with Gasteiger partial charge in [-0.05, 0) is 36.2 Å². The molecule has 0 aliphatic carbocycles. The summed E-state index contributed by atoms with van der Waals surface area (Å²) in [4.78, 5) is 17.6. The third-order valence-electron chi connectivity index (χ3n) is 5.44. The van der Waals surface area contributed by atoms with Gasteiger partial charge in [0.25, 0.3) is 0 Å². The van der Waals surface area contributed by atoms with Crippen LogP contribution >= 0.6 is 0 Å². The minimum Gasteiger partial charge on any atom is -0.444 e. The Hall–Kier alpha value is -3.44. The first kappa shape index (κ1) is 17.6. The van der Waals surface area contributed by atoms with Crippen LogP contribution in [0.4, 0.5) is 0 Å². The molecule has 1 aliphatic rings. The van der Waals surface area contributed by atoms with Gasteiger partial charge in [-0.3, -0.25) is 9.88 Å². The molecule has 0 spiro atoms. The number of nitrogens with one attached hydrogen (secondary N) is 1. The summed E-state index contributed by atoms with van der Waals surface area (Å²) >= 11 is 0. The molecular formula is C24H21N2O3+. The molecule has 0 radical (unpaired) electrons. The molecule has 1 unspecified atom stereocenters. The summed E-state index contributed by atoms with van der Waals surface area (Å²) in [6.45, 7) is 4.26. The van der Waals surface area contributed by atoms with Crippen LogP contribution in [0.3, 0.4) is 0 Å². The number of hydrogen-bond donors (Lipinski definition) is 1. The van der Waals surface area contributed by atoms with Gasteiger partial charge in [0.15, 0.2) is 0 Å². The first-order valence-corrected chi connectivity index (χ1v) is 9.70. The molecular weight excluding hydrogens is 364 g/mol. The van der Waals surface area contributed by atoms with Gasteiger partial charge in [0.2, 0.25) is 6.73 Å². The number of ether oxygens (including phenoxy) is 1. The van der Waals surface area contributed by atoms with Gasteiger partial charge in [0, 0.05) is 40.5 Å². The van der Waals surface area contributed by atoms with E-state index in [9.17, 15) is 4.79 Å². The number of aryl methyl sites for hydroxylation is 1. The van der Waals surface area contributed by atoms with Crippen molar-refractivity contribution in [2.75, 3.05) is 6.73 Å². The van der Waals surface area contributed by atoms with Gasteiger partial charge >= 0.3 is 5.63 Å². The van der Waals surface area contributed by atoms with Crippen LogP contribution in [0.15, 0.2) is 76.2 Å². The molecule has 144 valence electrons. The molecule has 0 saturated carbocycles. The van der Waals surface area contributed by atoms with Gasteiger partial charge < -0.3 is 9.15 Å². The van der Waals surface area contributed by atoms with Crippen molar-refractivity contribution in [1.82, 2.24) is 4.98 Å². The SMILES string of the molecule is Cc1c2c(cc3c(-c4ccccc4)cc(=O)oc13)C[NH+](Cc1ccncc1)CO2. The van der Waals surface area contributed by atoms with Crippen LogP contribution in [0, 0.1) is 6.92 Å². The lowest BCUT2D eigenvalue weighted by molar-refractivity contribution is -0.945. The van der Waals surface area contributed by atoms with Crippen molar-refractivity contribution in [1.29, 1.82) is 0 Å². The fourth-order valence-electron chi connectivity index (χ4n) is 4.09. The Morgan fingerprint density at radius 1 is 1.07 bits per heavy atom. The predicted octanol–water partition coefficient (Wildman–Crippen LogP) is 3.10. The Labute approximate surface area is 168 Å². The first-order valence-electron chi connectivity index (χ1n) is 9.70. The van der Waals surface area contributed by atoms with E-state index in [1.807, 2.05) is 61.8 Å². The Balaban J connectivity index is 1.60. The lowest BCUT2D eigenvalue weighted by Gasteiger charge is -2.27. The molecule has 29 heavy (non-hydrogen) atoms. The third kappa shape index (κ3) is 3.30. The third-order valence-corrected chi connectivity index (χ3v) is 5.44. The van der Waals surface area contributed by atoms with E-state index in [0.29, 0.717) is 12.3 Å². The summed E-state index contributed by atoms with van der Waals surface area (Å²) in [6, 6.07) is 17.7. The van der Waals surface area contributed by atoms with Crippen LogP contribution in [0.5, 0.6) is 5.75 Å². The van der Waals surface area contributed by atoms with E-state index in [4.69, 9.17) is 9.15 Å². The zero-order chi connectivity index (χ0) is 19.8. The molecule has 4 aromatic rings. The second-order valence-corrected chi connectivity index (χ2v) is 7.46. The van der Waals surface area contributed by atoms with E-state index in [0.717, 1.165) is 46.5 Å². The quantitative estimate of drug-likeness (QED) is 0.551. The highest BCUT2D eigenvalue weighted by molar-refractivity contribution is 5.96. The summed E-state index contributed by atoms with van der Waals surface area (Å²) in [5, 5.41) is 0.945. The maximum absolute atomic E-state index is 12.2. The van der Waals surface area contributed by atoms with Gasteiger partial charge in [0.1, 0.15) is 24.4 Å². The van der Waals surface area contributed by atoms with Gasteiger partial charge in [-0.1, -0.05) is 30.3 Å². The zero-order valence-corrected chi connectivity index (χ0v) is 16.1. The predicted molar refractivity (Wildman–Crippen MR) is 111 cm³/mol. The summed E-state index contributed by atoms with van der Waals surface area (Å²) in [6.07, 6.45) is 3.64. The van der Waals surface area contributed by atoms with E-state index >= 15 is 0 Å². The van der Waals surface area contributed by atoms with Crippen LogP contribution in [-0.2, 0) is 13.1 Å². The molecule has 5 rings (SSSR count). The first-order chi connectivity index (χ1) is 14.2. The number of quaternary nitrogens is 1. The van der Waals surface area contributed by atoms with Crippen molar-refractivity contribution in [2.24, 2.45) is 0 Å². The highest BCUT2D eigenvalue weighted by atomic mass is 16.5. The van der Waals surface area contributed by atoms with E-state index in [1.54, 1.807) is 6.07 Å². The molecule has 0 bridgehead atoms. The molecule has 2 aromatic carbocycles. The Kier molecular flexibility index (Phi) is 4.37. The number of benzene rings is 2. The lowest BCUT2D eigenvalue weighted by atomic mass is 9.97. The number of fused-ring (bicyclic) bond motifs is 2. The molecule has 5 nitrogen and oxygen atoms in total. The smallest absolute Gasteiger partial charge is 0.336 e. The van der Waals surface area contributed by atoms with Gasteiger partial charge in [-0.2, -0.15) is 0 Å². The van der Waals surface area contributed by atoms with Gasteiger partial charge in [-0.15, -0.1) is 0 Å². The number of aromatic nitrogens is 1. The van der Waals surface area contributed by atoms with Gasteiger partial charge in [0.05, 0.1) is 0 Å². The van der Waals surface area contributed by atoms with Crippen LogP contribution < -0.4 is 15.3 Å². The Morgan fingerprint density at radius 3 is 2.66 bits per heavy atom. The standard InChI is InChI=1S/C24H20N2O3/c1-16-23-19(14-26(15-28-23)13-17-7-9-25-10-8-17)11-21-20(12-22(27)29-24(16)21)18-5-3-2-4-6-18/h2-12H,13-15H2,1H3/p+1. The summed E-state index contributed by atoms with van der Waals surface area (Å²) in [5.41, 5.74) is 5.40. The number of rotatable bonds is 3. The normalized spacial score (nSPS) is 15.7. The maximum Gasteiger partial charge on any atom is 0.336 e. The van der Waals surface area contributed by atoms with Crippen molar-refractivity contribution in [3.63, 3.8) is 0 Å². The second kappa shape index (κ2) is 7.18. The van der Waals surface area contributed by atoms with E-state index in [1.165, 1.54) is 10.5 Å². The number of pyridine rings is 1. The van der Waals surface area contributed by atoms with E-state index in [-0.39, 0.29) is 5.63 Å². The summed E-state index contributed by atoms with van der Waals surface area (Å²) in [7, 11) is 0. The monoisotopic (exact) mass is 385 g/mol. The van der Waals surface area contributed by atoms with Crippen LogP contribution in [0.2, 0.25) is 0 Å². The molecule has 3 heterocycles. The van der Waals surface area contributed by atoms with E-state index < -0.39 is 0 Å². The largest absolute Gasteiger partial charge is 0.444 e. The van der Waals surface area contributed by atoms with Gasteiger partial charge in [-0.25, -0.2) is 4.79 Å². The lowest BCUT2D eigenvalue weighted by Crippen LogP contribution is -3.10. The molecule has 0 saturated heterocycles. The molecule has 1 aliphatic heterocycles. The van der Waals surface area contributed by atoms with Crippen molar-refractivity contribution < 1.29 is 14.1 Å². The number of hydrogen-bond acceptors (Lipinski definition) is 4. The Morgan fingerprint density at radius 2 is 1.86 bits per heavy atom. The van der Waals surface area contributed by atoms with Crippen LogP contribution in [0.25, 0.3) is 22.1 Å². The fraction of sp³-hybridized carbons (Fsp3) is 0.167. The van der Waals surface area contributed by atoms with Crippen molar-refractivity contribution in [3.05, 3.63) is 94.1 Å². The topological polar surface area (TPSA) is 56.8 Å². The maximum atomic E-state index is 12.2. The second-order valence-electron chi connectivity index (χ2n) is 7.46. The molecule has 1 N–H and O–H groups in total. The highest BCUT2D eigenvalue weighted by Crippen LogP contribution is 2.36. The van der Waals surface area contributed by atoms with Crippen molar-refractivity contribution in [3.8, 4) is 16.9 Å². The van der Waals surface area contributed by atoms with Crippen LogP contribution in [0.1, 0.15) is 16.7 Å². The molecule has 5 heteroatoms. The van der Waals surface area contributed by atoms with Crippen molar-refractivity contribution in [2.45, 2.75) is 20.0 Å². The fourth-order valence-corrected chi connectivity index (χ4v) is 4.09. The average molecular weight is 385 g/mol.